The maximum atomic E-state index is 12.0. The molecule has 0 aliphatic carbocycles. The quantitative estimate of drug-likeness (QED) is 0.798. The third-order valence-corrected chi connectivity index (χ3v) is 3.36. The summed E-state index contributed by atoms with van der Waals surface area (Å²) < 4.78 is 10.6. The van der Waals surface area contributed by atoms with Gasteiger partial charge in [0.1, 0.15) is 6.29 Å². The first kappa shape index (κ1) is 16.5. The van der Waals surface area contributed by atoms with E-state index in [9.17, 15) is 9.59 Å². The Morgan fingerprint density at radius 3 is 2.57 bits per heavy atom. The lowest BCUT2D eigenvalue weighted by Gasteiger charge is -2.15. The zero-order valence-electron chi connectivity index (χ0n) is 13.1. The van der Waals surface area contributed by atoms with Crippen LogP contribution in [0.25, 0.3) is 0 Å². The minimum absolute atomic E-state index is 0.105. The molecule has 1 atom stereocenters. The second-order valence-electron chi connectivity index (χ2n) is 5.02. The summed E-state index contributed by atoms with van der Waals surface area (Å²) in [5, 5.41) is 2.87. The molecular formula is C18H19NO4. The summed E-state index contributed by atoms with van der Waals surface area (Å²) >= 11 is 0. The number of aldehydes is 1. The Balaban J connectivity index is 1.93. The molecule has 120 valence electrons. The van der Waals surface area contributed by atoms with Gasteiger partial charge in [0.2, 0.25) is 0 Å². The summed E-state index contributed by atoms with van der Waals surface area (Å²) in [7, 11) is 1.48. The van der Waals surface area contributed by atoms with E-state index in [0.717, 1.165) is 11.8 Å². The first-order valence-electron chi connectivity index (χ1n) is 7.24. The normalized spacial score (nSPS) is 11.4. The van der Waals surface area contributed by atoms with Gasteiger partial charge >= 0.3 is 0 Å². The van der Waals surface area contributed by atoms with Crippen LogP contribution in [0, 0.1) is 0 Å². The summed E-state index contributed by atoms with van der Waals surface area (Å²) in [5.74, 6) is 0.599. The maximum Gasteiger partial charge on any atom is 0.258 e. The van der Waals surface area contributed by atoms with E-state index >= 15 is 0 Å². The first-order chi connectivity index (χ1) is 11.1. The van der Waals surface area contributed by atoms with Crippen LogP contribution in [0.4, 0.5) is 0 Å². The molecular weight excluding hydrogens is 294 g/mol. The molecule has 2 rings (SSSR count). The molecule has 0 aliphatic rings. The van der Waals surface area contributed by atoms with Crippen LogP contribution in [-0.2, 0) is 4.79 Å². The molecule has 1 amide bonds. The molecule has 0 aromatic heterocycles. The molecule has 0 bridgehead atoms. The van der Waals surface area contributed by atoms with Crippen molar-refractivity contribution in [2.24, 2.45) is 0 Å². The third kappa shape index (κ3) is 4.57. The van der Waals surface area contributed by atoms with Crippen molar-refractivity contribution in [1.82, 2.24) is 5.32 Å². The molecule has 0 aliphatic heterocycles. The van der Waals surface area contributed by atoms with Crippen LogP contribution >= 0.6 is 0 Å². The molecule has 1 N–H and O–H groups in total. The number of carbonyl (C=O) groups is 2. The average Bonchev–Trinajstić information content (AvgIpc) is 2.60. The highest BCUT2D eigenvalue weighted by Crippen LogP contribution is 2.27. The van der Waals surface area contributed by atoms with Gasteiger partial charge in [-0.15, -0.1) is 0 Å². The standard InChI is InChI=1S/C18H19NO4/c1-13(15-6-4-3-5-7-15)19-18(21)12-23-16-9-8-14(11-20)10-17(16)22-2/h3-11,13H,12H2,1-2H3,(H,19,21). The molecule has 2 aromatic carbocycles. The minimum atomic E-state index is -0.233. The molecule has 1 unspecified atom stereocenters. The van der Waals surface area contributed by atoms with Gasteiger partial charge in [-0.3, -0.25) is 9.59 Å². The Hall–Kier alpha value is -2.82. The number of rotatable bonds is 7. The number of benzene rings is 2. The van der Waals surface area contributed by atoms with Gasteiger partial charge in [-0.2, -0.15) is 0 Å². The summed E-state index contributed by atoms with van der Waals surface area (Å²) in [6, 6.07) is 14.4. The maximum absolute atomic E-state index is 12.0. The van der Waals surface area contributed by atoms with E-state index in [4.69, 9.17) is 9.47 Å². The van der Waals surface area contributed by atoms with Crippen LogP contribution in [0.5, 0.6) is 11.5 Å². The zero-order chi connectivity index (χ0) is 16.7. The van der Waals surface area contributed by atoms with Gasteiger partial charge in [-0.05, 0) is 30.7 Å². The SMILES string of the molecule is COc1cc(C=O)ccc1OCC(=O)NC(C)c1ccccc1. The van der Waals surface area contributed by atoms with Crippen LogP contribution in [0.3, 0.4) is 0 Å². The van der Waals surface area contributed by atoms with Gasteiger partial charge in [0.15, 0.2) is 18.1 Å². The lowest BCUT2D eigenvalue weighted by molar-refractivity contribution is -0.123. The molecule has 23 heavy (non-hydrogen) atoms. The van der Waals surface area contributed by atoms with Crippen LogP contribution in [-0.4, -0.2) is 25.9 Å². The molecule has 0 fully saturated rings. The van der Waals surface area contributed by atoms with E-state index in [2.05, 4.69) is 5.32 Å². The summed E-state index contributed by atoms with van der Waals surface area (Å²) in [6.07, 6.45) is 0.723. The van der Waals surface area contributed by atoms with E-state index in [0.29, 0.717) is 17.1 Å². The van der Waals surface area contributed by atoms with Gasteiger partial charge in [-0.25, -0.2) is 0 Å². The van der Waals surface area contributed by atoms with Crippen molar-refractivity contribution >= 4 is 12.2 Å². The van der Waals surface area contributed by atoms with Gasteiger partial charge in [-0.1, -0.05) is 30.3 Å². The zero-order valence-corrected chi connectivity index (χ0v) is 13.1. The molecule has 0 spiro atoms. The summed E-state index contributed by atoms with van der Waals surface area (Å²) in [6.45, 7) is 1.78. The Morgan fingerprint density at radius 1 is 1.17 bits per heavy atom. The minimum Gasteiger partial charge on any atom is -0.493 e. The largest absolute Gasteiger partial charge is 0.493 e. The molecule has 2 aromatic rings. The Labute approximate surface area is 135 Å². The predicted molar refractivity (Wildman–Crippen MR) is 86.9 cm³/mol. The fourth-order valence-corrected chi connectivity index (χ4v) is 2.13. The van der Waals surface area contributed by atoms with Crippen LogP contribution < -0.4 is 14.8 Å². The van der Waals surface area contributed by atoms with Crippen molar-refractivity contribution in [2.45, 2.75) is 13.0 Å². The third-order valence-electron chi connectivity index (χ3n) is 3.36. The first-order valence-corrected chi connectivity index (χ1v) is 7.24. The summed E-state index contributed by atoms with van der Waals surface area (Å²) in [4.78, 5) is 22.7. The van der Waals surface area contributed by atoms with Gasteiger partial charge in [0.05, 0.1) is 13.2 Å². The van der Waals surface area contributed by atoms with E-state index in [1.807, 2.05) is 37.3 Å². The van der Waals surface area contributed by atoms with Crippen LogP contribution in [0.15, 0.2) is 48.5 Å². The Morgan fingerprint density at radius 2 is 1.91 bits per heavy atom. The topological polar surface area (TPSA) is 64.6 Å². The Kier molecular flexibility index (Phi) is 5.74. The van der Waals surface area contributed by atoms with Crippen molar-refractivity contribution < 1.29 is 19.1 Å². The fraction of sp³-hybridized carbons (Fsp3) is 0.222. The molecule has 0 heterocycles. The number of methoxy groups -OCH3 is 1. The second kappa shape index (κ2) is 7.98. The molecule has 0 radical (unpaired) electrons. The highest BCUT2D eigenvalue weighted by molar-refractivity contribution is 5.78. The molecule has 0 saturated heterocycles. The van der Waals surface area contributed by atoms with E-state index in [1.165, 1.54) is 7.11 Å². The molecule has 5 nitrogen and oxygen atoms in total. The monoisotopic (exact) mass is 313 g/mol. The van der Waals surface area contributed by atoms with Crippen molar-refractivity contribution in [3.63, 3.8) is 0 Å². The van der Waals surface area contributed by atoms with Crippen molar-refractivity contribution in [2.75, 3.05) is 13.7 Å². The Bertz CT molecular complexity index is 670. The average molecular weight is 313 g/mol. The molecule has 0 saturated carbocycles. The molecule has 5 heteroatoms. The van der Waals surface area contributed by atoms with E-state index in [1.54, 1.807) is 18.2 Å². The van der Waals surface area contributed by atoms with Crippen molar-refractivity contribution in [1.29, 1.82) is 0 Å². The number of nitrogens with one attached hydrogen (secondary N) is 1. The van der Waals surface area contributed by atoms with E-state index < -0.39 is 0 Å². The number of amides is 1. The lowest BCUT2D eigenvalue weighted by atomic mass is 10.1. The highest BCUT2D eigenvalue weighted by atomic mass is 16.5. The van der Waals surface area contributed by atoms with Gasteiger partial charge < -0.3 is 14.8 Å². The van der Waals surface area contributed by atoms with Crippen molar-refractivity contribution in [3.8, 4) is 11.5 Å². The van der Waals surface area contributed by atoms with Crippen molar-refractivity contribution in [3.05, 3.63) is 59.7 Å². The van der Waals surface area contributed by atoms with Gasteiger partial charge in [0.25, 0.3) is 5.91 Å². The lowest BCUT2D eigenvalue weighted by Crippen LogP contribution is -2.31. The fourth-order valence-electron chi connectivity index (χ4n) is 2.13. The number of carbonyl (C=O) groups excluding carboxylic acids is 2. The van der Waals surface area contributed by atoms with Crippen LogP contribution in [0.2, 0.25) is 0 Å². The summed E-state index contributed by atoms with van der Waals surface area (Å²) in [5.41, 5.74) is 1.50. The van der Waals surface area contributed by atoms with Gasteiger partial charge in [0, 0.05) is 5.56 Å². The smallest absolute Gasteiger partial charge is 0.258 e. The number of hydrogen-bond donors (Lipinski definition) is 1. The highest BCUT2D eigenvalue weighted by Gasteiger charge is 2.11. The number of hydrogen-bond acceptors (Lipinski definition) is 4. The number of ether oxygens (including phenoxy) is 2. The second-order valence-corrected chi connectivity index (χ2v) is 5.02. The van der Waals surface area contributed by atoms with E-state index in [-0.39, 0.29) is 18.6 Å². The predicted octanol–water partition coefficient (Wildman–Crippen LogP) is 2.76. The van der Waals surface area contributed by atoms with Crippen LogP contribution in [0.1, 0.15) is 28.9 Å².